The maximum atomic E-state index is 4.00. The van der Waals surface area contributed by atoms with E-state index in [0.29, 0.717) is 0 Å². The molecule has 0 aliphatic heterocycles. The Bertz CT molecular complexity index is 383. The molecular formula is C16H26ClN. The molecule has 6 aliphatic rings. The Hall–Kier alpha value is 0.250. The minimum absolute atomic E-state index is 0. The van der Waals surface area contributed by atoms with Gasteiger partial charge in [-0.3, -0.25) is 0 Å². The SMILES string of the molecule is CCCCN[C@@H]1[C@@H]2[C@H]3[C@H]4C[C@H]2C2[C@H]4C[C@H]3[C@]21C.Cl. The van der Waals surface area contributed by atoms with E-state index in [1.165, 1.54) is 37.1 Å². The van der Waals surface area contributed by atoms with Crippen molar-refractivity contribution >= 4 is 12.4 Å². The number of rotatable bonds is 4. The Morgan fingerprint density at radius 3 is 2.67 bits per heavy atom. The van der Waals surface area contributed by atoms with Gasteiger partial charge >= 0.3 is 0 Å². The molecule has 6 aliphatic carbocycles. The van der Waals surface area contributed by atoms with Gasteiger partial charge in [-0.25, -0.2) is 0 Å². The lowest BCUT2D eigenvalue weighted by atomic mass is 9.64. The summed E-state index contributed by atoms with van der Waals surface area (Å²) in [4.78, 5) is 0. The number of hydrogen-bond acceptors (Lipinski definition) is 1. The van der Waals surface area contributed by atoms with Gasteiger partial charge in [0.15, 0.2) is 0 Å². The van der Waals surface area contributed by atoms with Crippen LogP contribution in [-0.4, -0.2) is 12.6 Å². The molecule has 6 bridgehead atoms. The van der Waals surface area contributed by atoms with E-state index < -0.39 is 0 Å². The zero-order valence-corrected chi connectivity index (χ0v) is 12.4. The van der Waals surface area contributed by atoms with Crippen LogP contribution in [0.15, 0.2) is 0 Å². The summed E-state index contributed by atoms with van der Waals surface area (Å²) < 4.78 is 0. The number of halogens is 1. The third-order valence-corrected chi connectivity index (χ3v) is 7.91. The molecule has 6 saturated carbocycles. The second-order valence-corrected chi connectivity index (χ2v) is 7.90. The molecule has 0 saturated heterocycles. The number of unbranched alkanes of at least 4 members (excludes halogenated alkanes) is 1. The highest BCUT2D eigenvalue weighted by molar-refractivity contribution is 5.85. The lowest BCUT2D eigenvalue weighted by Gasteiger charge is -2.40. The largest absolute Gasteiger partial charge is 0.313 e. The predicted octanol–water partition coefficient (Wildman–Crippen LogP) is 3.33. The fraction of sp³-hybridized carbons (Fsp3) is 1.00. The third-order valence-electron chi connectivity index (χ3n) is 7.91. The summed E-state index contributed by atoms with van der Waals surface area (Å²) in [6.07, 6.45) is 5.96. The summed E-state index contributed by atoms with van der Waals surface area (Å²) in [6.45, 7) is 6.26. The van der Waals surface area contributed by atoms with Crippen LogP contribution >= 0.6 is 12.4 Å². The molecule has 1 N–H and O–H groups in total. The highest BCUT2D eigenvalue weighted by atomic mass is 35.5. The van der Waals surface area contributed by atoms with Crippen LogP contribution in [0, 0.1) is 46.8 Å². The number of nitrogens with one attached hydrogen (secondary N) is 1. The molecule has 6 rings (SSSR count). The van der Waals surface area contributed by atoms with E-state index in [4.69, 9.17) is 0 Å². The van der Waals surface area contributed by atoms with Crippen LogP contribution in [0.25, 0.3) is 0 Å². The van der Waals surface area contributed by atoms with Crippen molar-refractivity contribution in [1.29, 1.82) is 0 Å². The van der Waals surface area contributed by atoms with Crippen LogP contribution in [0.2, 0.25) is 0 Å². The summed E-state index contributed by atoms with van der Waals surface area (Å²) in [6, 6.07) is 0.913. The van der Waals surface area contributed by atoms with Crippen LogP contribution in [0.3, 0.4) is 0 Å². The van der Waals surface area contributed by atoms with E-state index in [2.05, 4.69) is 19.2 Å². The fourth-order valence-electron chi connectivity index (χ4n) is 7.92. The van der Waals surface area contributed by atoms with Gasteiger partial charge in [0.25, 0.3) is 0 Å². The van der Waals surface area contributed by atoms with Crippen molar-refractivity contribution in [2.45, 2.75) is 45.6 Å². The lowest BCUT2D eigenvalue weighted by molar-refractivity contribution is 0.0653. The van der Waals surface area contributed by atoms with Gasteiger partial charge in [-0.05, 0) is 72.6 Å². The molecule has 1 unspecified atom stereocenters. The Morgan fingerprint density at radius 2 is 1.94 bits per heavy atom. The second kappa shape index (κ2) is 3.47. The van der Waals surface area contributed by atoms with Gasteiger partial charge in [-0.15, -0.1) is 12.4 Å². The van der Waals surface area contributed by atoms with Crippen LogP contribution in [0.1, 0.15) is 39.5 Å². The molecule has 1 nitrogen and oxygen atoms in total. The van der Waals surface area contributed by atoms with Crippen molar-refractivity contribution in [3.05, 3.63) is 0 Å². The number of hydrogen-bond donors (Lipinski definition) is 1. The predicted molar refractivity (Wildman–Crippen MR) is 75.7 cm³/mol. The summed E-state index contributed by atoms with van der Waals surface area (Å²) >= 11 is 0. The smallest absolute Gasteiger partial charge is 0.0160 e. The van der Waals surface area contributed by atoms with E-state index in [1.807, 2.05) is 0 Å². The quantitative estimate of drug-likeness (QED) is 0.771. The fourth-order valence-corrected chi connectivity index (χ4v) is 7.92. The molecule has 0 radical (unpaired) electrons. The van der Waals surface area contributed by atoms with Crippen LogP contribution in [0.5, 0.6) is 0 Å². The Morgan fingerprint density at radius 1 is 1.11 bits per heavy atom. The van der Waals surface area contributed by atoms with Crippen LogP contribution in [0.4, 0.5) is 0 Å². The Labute approximate surface area is 117 Å². The monoisotopic (exact) mass is 267 g/mol. The highest BCUT2D eigenvalue weighted by Gasteiger charge is 2.84. The van der Waals surface area contributed by atoms with Gasteiger partial charge in [-0.1, -0.05) is 20.3 Å². The Kier molecular flexibility index (Phi) is 2.32. The van der Waals surface area contributed by atoms with E-state index in [-0.39, 0.29) is 12.4 Å². The first kappa shape index (κ1) is 12.0. The zero-order chi connectivity index (χ0) is 11.4. The summed E-state index contributed by atoms with van der Waals surface area (Å²) in [5, 5.41) is 4.00. The average molecular weight is 268 g/mol. The van der Waals surface area contributed by atoms with Gasteiger partial charge in [0.1, 0.15) is 0 Å². The normalized spacial score (nSPS) is 64.3. The molecule has 6 fully saturated rings. The molecule has 0 aromatic carbocycles. The molecule has 0 aromatic rings. The van der Waals surface area contributed by atoms with Gasteiger partial charge in [0.05, 0.1) is 0 Å². The zero-order valence-electron chi connectivity index (χ0n) is 11.6. The van der Waals surface area contributed by atoms with Crippen molar-refractivity contribution in [1.82, 2.24) is 5.32 Å². The molecule has 2 heteroatoms. The van der Waals surface area contributed by atoms with Gasteiger partial charge < -0.3 is 5.32 Å². The minimum Gasteiger partial charge on any atom is -0.313 e. The second-order valence-electron chi connectivity index (χ2n) is 7.90. The van der Waals surface area contributed by atoms with Gasteiger partial charge in [0.2, 0.25) is 0 Å². The van der Waals surface area contributed by atoms with Crippen molar-refractivity contribution in [3.8, 4) is 0 Å². The third kappa shape index (κ3) is 0.945. The van der Waals surface area contributed by atoms with Crippen LogP contribution < -0.4 is 5.32 Å². The van der Waals surface area contributed by atoms with E-state index in [0.717, 1.165) is 35.1 Å². The molecular weight excluding hydrogens is 242 g/mol. The van der Waals surface area contributed by atoms with E-state index in [9.17, 15) is 0 Å². The van der Waals surface area contributed by atoms with Crippen molar-refractivity contribution in [2.24, 2.45) is 46.8 Å². The molecule has 102 valence electrons. The van der Waals surface area contributed by atoms with Crippen molar-refractivity contribution < 1.29 is 0 Å². The molecule has 0 spiro atoms. The first-order valence-electron chi connectivity index (χ1n) is 8.02. The lowest BCUT2D eigenvalue weighted by Crippen LogP contribution is -2.43. The highest BCUT2D eigenvalue weighted by Crippen LogP contribution is 2.86. The summed E-state index contributed by atoms with van der Waals surface area (Å²) in [5.41, 5.74) is 0.728. The molecule has 9 atom stereocenters. The topological polar surface area (TPSA) is 12.0 Å². The average Bonchev–Trinajstić information content (AvgIpc) is 2.97. The van der Waals surface area contributed by atoms with E-state index >= 15 is 0 Å². The maximum absolute atomic E-state index is 4.00. The molecule has 18 heavy (non-hydrogen) atoms. The summed E-state index contributed by atoms with van der Waals surface area (Å²) in [5.74, 6) is 8.06. The van der Waals surface area contributed by atoms with Crippen molar-refractivity contribution in [3.63, 3.8) is 0 Å². The van der Waals surface area contributed by atoms with Crippen LogP contribution in [-0.2, 0) is 0 Å². The maximum Gasteiger partial charge on any atom is 0.0160 e. The first-order valence-corrected chi connectivity index (χ1v) is 8.02. The standard InChI is InChI=1S/C16H25N.ClH/c1-3-4-5-17-15-13-10-6-8-9-7-11(12(8)13)16(15,2)14(9)10;/h8-15,17H,3-7H2,1-2H3;1H/t8-,9-,10+,11+,12-,13-,14?,15+,16+;/m0./s1. The Balaban J connectivity index is 0.000000882. The molecule has 0 aromatic heterocycles. The minimum atomic E-state index is 0. The van der Waals surface area contributed by atoms with E-state index in [1.54, 1.807) is 12.8 Å². The molecule has 0 heterocycles. The van der Waals surface area contributed by atoms with Gasteiger partial charge in [0, 0.05) is 6.04 Å². The summed E-state index contributed by atoms with van der Waals surface area (Å²) in [7, 11) is 0. The first-order chi connectivity index (χ1) is 8.28. The van der Waals surface area contributed by atoms with Crippen molar-refractivity contribution in [2.75, 3.05) is 6.54 Å². The molecule has 0 amide bonds. The van der Waals surface area contributed by atoms with Gasteiger partial charge in [-0.2, -0.15) is 0 Å².